The predicted molar refractivity (Wildman–Crippen MR) is 75.6 cm³/mol. The normalized spacial score (nSPS) is 23.9. The molecule has 4 heterocycles. The first-order valence-corrected chi connectivity index (χ1v) is 7.38. The number of aromatic amines is 1. The van der Waals surface area contributed by atoms with E-state index in [0.29, 0.717) is 0 Å². The molecule has 0 amide bonds. The molecule has 1 saturated carbocycles. The fourth-order valence-electron chi connectivity index (χ4n) is 3.95. The van der Waals surface area contributed by atoms with Gasteiger partial charge in [-0.05, 0) is 49.3 Å². The van der Waals surface area contributed by atoms with Gasteiger partial charge in [0.1, 0.15) is 5.82 Å². The highest BCUT2D eigenvalue weighted by atomic mass is 16.3. The summed E-state index contributed by atoms with van der Waals surface area (Å²) in [7, 11) is 0. The smallest absolute Gasteiger partial charge is 0.110 e. The van der Waals surface area contributed by atoms with Crippen LogP contribution in [0.3, 0.4) is 0 Å². The summed E-state index contributed by atoms with van der Waals surface area (Å²) >= 11 is 0. The molecular weight excluding hydrogens is 236 g/mol. The van der Waals surface area contributed by atoms with E-state index in [2.05, 4.69) is 28.1 Å². The van der Waals surface area contributed by atoms with Gasteiger partial charge in [-0.15, -0.1) is 0 Å². The van der Waals surface area contributed by atoms with Crippen molar-refractivity contribution in [3.05, 3.63) is 29.3 Å². The summed E-state index contributed by atoms with van der Waals surface area (Å²) in [5, 5.41) is 11.7. The summed E-state index contributed by atoms with van der Waals surface area (Å²) in [5.74, 6) is 2.07. The molecule has 0 unspecified atom stereocenters. The first-order valence-electron chi connectivity index (χ1n) is 7.38. The van der Waals surface area contributed by atoms with E-state index in [-0.39, 0.29) is 0 Å². The molecule has 2 fully saturated rings. The third-order valence-corrected chi connectivity index (χ3v) is 5.30. The number of nitrogens with one attached hydrogen (secondary N) is 1. The molecule has 19 heavy (non-hydrogen) atoms. The Balaban J connectivity index is 1.77. The number of benzene rings is 1. The molecule has 0 radical (unpaired) electrons. The molecule has 2 N–H and O–H groups in total. The van der Waals surface area contributed by atoms with Crippen LogP contribution in [0.15, 0.2) is 18.2 Å². The quantitative estimate of drug-likeness (QED) is 0.821. The molecule has 1 aromatic carbocycles. The van der Waals surface area contributed by atoms with Crippen LogP contribution in [0.1, 0.15) is 42.7 Å². The van der Waals surface area contributed by atoms with Gasteiger partial charge >= 0.3 is 0 Å². The van der Waals surface area contributed by atoms with E-state index >= 15 is 0 Å². The van der Waals surface area contributed by atoms with Gasteiger partial charge in [0.2, 0.25) is 0 Å². The van der Waals surface area contributed by atoms with Gasteiger partial charge in [0.05, 0.1) is 5.60 Å². The van der Waals surface area contributed by atoms with Crippen molar-refractivity contribution in [1.29, 1.82) is 0 Å². The summed E-state index contributed by atoms with van der Waals surface area (Å²) in [6.07, 6.45) is 4.41. The second-order valence-corrected chi connectivity index (χ2v) is 6.44. The number of aromatic nitrogens is 1. The first-order chi connectivity index (χ1) is 9.24. The largest absolute Gasteiger partial charge is 0.385 e. The zero-order valence-corrected chi connectivity index (χ0v) is 10.9. The number of hydrogen-bond donors (Lipinski definition) is 2. The van der Waals surface area contributed by atoms with Gasteiger partial charge in [-0.3, -0.25) is 0 Å². The van der Waals surface area contributed by atoms with Crippen molar-refractivity contribution in [1.82, 2.24) is 4.98 Å². The van der Waals surface area contributed by atoms with E-state index in [4.69, 9.17) is 0 Å². The Morgan fingerprint density at radius 1 is 1.21 bits per heavy atom. The van der Waals surface area contributed by atoms with Crippen LogP contribution in [0, 0.1) is 0 Å². The SMILES string of the molecule is OC1(c2ccc3[nH]c4c(c3c2)C2CCN4CC2)CC1. The van der Waals surface area contributed by atoms with E-state index in [1.165, 1.54) is 48.2 Å². The zero-order valence-electron chi connectivity index (χ0n) is 10.9. The molecule has 1 aliphatic carbocycles. The predicted octanol–water partition coefficient (Wildman–Crippen LogP) is 2.85. The van der Waals surface area contributed by atoms with Crippen molar-refractivity contribution in [2.45, 2.75) is 37.2 Å². The van der Waals surface area contributed by atoms with Gasteiger partial charge < -0.3 is 15.0 Å². The average Bonchev–Trinajstić information content (AvgIpc) is 3.08. The van der Waals surface area contributed by atoms with E-state index in [1.54, 1.807) is 0 Å². The highest BCUT2D eigenvalue weighted by Crippen LogP contribution is 2.49. The lowest BCUT2D eigenvalue weighted by atomic mass is 9.84. The highest BCUT2D eigenvalue weighted by Gasteiger charge is 2.42. The number of fused-ring (bicyclic) bond motifs is 3. The summed E-state index contributed by atoms with van der Waals surface area (Å²) in [6.45, 7) is 2.39. The number of anilines is 1. The maximum Gasteiger partial charge on any atom is 0.110 e. The lowest BCUT2D eigenvalue weighted by Gasteiger charge is -2.40. The molecule has 98 valence electrons. The van der Waals surface area contributed by atoms with E-state index in [1.807, 2.05) is 0 Å². The van der Waals surface area contributed by atoms with Crippen LogP contribution in [0.25, 0.3) is 10.9 Å². The molecule has 3 aliphatic heterocycles. The van der Waals surface area contributed by atoms with E-state index in [0.717, 1.165) is 24.3 Å². The van der Waals surface area contributed by atoms with Gasteiger partial charge in [0.15, 0.2) is 0 Å². The minimum absolute atomic E-state index is 0.522. The lowest BCUT2D eigenvalue weighted by Crippen LogP contribution is -2.38. The third-order valence-electron chi connectivity index (χ3n) is 5.30. The van der Waals surface area contributed by atoms with Crippen molar-refractivity contribution < 1.29 is 5.11 Å². The van der Waals surface area contributed by atoms with Crippen LogP contribution in [-0.2, 0) is 5.60 Å². The number of piperidine rings is 1. The molecular formula is C16H18N2O. The monoisotopic (exact) mass is 254 g/mol. The summed E-state index contributed by atoms with van der Waals surface area (Å²) in [6, 6.07) is 6.48. The standard InChI is InChI=1S/C16H18N2O/c19-16(5-6-16)11-1-2-13-12(9-11)14-10-3-7-18(8-4-10)15(14)17-13/h1-2,9-10,17,19H,3-8H2. The summed E-state index contributed by atoms with van der Waals surface area (Å²) < 4.78 is 0. The molecule has 2 bridgehead atoms. The number of hydrogen-bond acceptors (Lipinski definition) is 2. The topological polar surface area (TPSA) is 39.3 Å². The fourth-order valence-corrected chi connectivity index (χ4v) is 3.95. The van der Waals surface area contributed by atoms with Crippen LogP contribution in [0.5, 0.6) is 0 Å². The van der Waals surface area contributed by atoms with Crippen molar-refractivity contribution in [3.63, 3.8) is 0 Å². The van der Waals surface area contributed by atoms with Gasteiger partial charge in [-0.1, -0.05) is 6.07 Å². The third kappa shape index (κ3) is 1.26. The Kier molecular flexibility index (Phi) is 1.71. The second-order valence-electron chi connectivity index (χ2n) is 6.44. The molecule has 2 aromatic rings. The van der Waals surface area contributed by atoms with Gasteiger partial charge in [-0.2, -0.15) is 0 Å². The number of nitrogens with zero attached hydrogens (tertiary/aromatic N) is 1. The highest BCUT2D eigenvalue weighted by molar-refractivity contribution is 5.91. The van der Waals surface area contributed by atoms with Crippen molar-refractivity contribution in [2.75, 3.05) is 18.0 Å². The Morgan fingerprint density at radius 3 is 2.74 bits per heavy atom. The van der Waals surface area contributed by atoms with Gasteiger partial charge in [-0.25, -0.2) is 0 Å². The van der Waals surface area contributed by atoms with Crippen molar-refractivity contribution >= 4 is 16.7 Å². The molecule has 3 heteroatoms. The second kappa shape index (κ2) is 3.15. The van der Waals surface area contributed by atoms with Crippen LogP contribution in [0.4, 0.5) is 5.82 Å². The molecule has 1 aromatic heterocycles. The Hall–Kier alpha value is -1.48. The number of rotatable bonds is 1. The molecule has 0 spiro atoms. The minimum atomic E-state index is -0.522. The van der Waals surface area contributed by atoms with Crippen LogP contribution in [-0.4, -0.2) is 23.2 Å². The van der Waals surface area contributed by atoms with E-state index in [9.17, 15) is 5.11 Å². The maximum atomic E-state index is 10.3. The van der Waals surface area contributed by atoms with Gasteiger partial charge in [0, 0.05) is 29.6 Å². The van der Waals surface area contributed by atoms with E-state index < -0.39 is 5.60 Å². The molecule has 3 nitrogen and oxygen atoms in total. The van der Waals surface area contributed by atoms with Crippen LogP contribution < -0.4 is 4.90 Å². The Labute approximate surface area is 112 Å². The Bertz CT molecular complexity index is 675. The maximum absolute atomic E-state index is 10.3. The molecule has 0 atom stereocenters. The zero-order chi connectivity index (χ0) is 12.6. The summed E-state index contributed by atoms with van der Waals surface area (Å²) in [4.78, 5) is 6.08. The number of aliphatic hydroxyl groups is 1. The Morgan fingerprint density at radius 2 is 2.00 bits per heavy atom. The van der Waals surface area contributed by atoms with Crippen LogP contribution >= 0.6 is 0 Å². The first kappa shape index (κ1) is 10.3. The fraction of sp³-hybridized carbons (Fsp3) is 0.500. The average molecular weight is 254 g/mol. The van der Waals surface area contributed by atoms with Crippen molar-refractivity contribution in [2.24, 2.45) is 0 Å². The van der Waals surface area contributed by atoms with Crippen LogP contribution in [0.2, 0.25) is 0 Å². The minimum Gasteiger partial charge on any atom is -0.385 e. The van der Waals surface area contributed by atoms with Gasteiger partial charge in [0.25, 0.3) is 0 Å². The van der Waals surface area contributed by atoms with Crippen molar-refractivity contribution in [3.8, 4) is 0 Å². The number of H-pyrrole nitrogens is 1. The molecule has 6 rings (SSSR count). The summed E-state index contributed by atoms with van der Waals surface area (Å²) in [5.41, 5.74) is 3.33. The molecule has 4 aliphatic rings. The molecule has 1 saturated heterocycles. The lowest BCUT2D eigenvalue weighted by molar-refractivity contribution is 0.151.